The molecule has 1 aromatic carbocycles. The van der Waals surface area contributed by atoms with E-state index in [0.29, 0.717) is 55.8 Å². The number of hydrogen-bond donors (Lipinski definition) is 2. The van der Waals surface area contributed by atoms with E-state index in [1.807, 2.05) is 0 Å². The van der Waals surface area contributed by atoms with Crippen molar-refractivity contribution < 1.29 is 27.5 Å². The quantitative estimate of drug-likeness (QED) is 0.349. The molecule has 3 heterocycles. The predicted octanol–water partition coefficient (Wildman–Crippen LogP) is 1.94. The molecule has 10 nitrogen and oxygen atoms in total. The summed E-state index contributed by atoms with van der Waals surface area (Å²) < 4.78 is 46.3. The van der Waals surface area contributed by atoms with Crippen LogP contribution in [0, 0.1) is 11.8 Å². The topological polar surface area (TPSA) is 113 Å². The van der Waals surface area contributed by atoms with Gasteiger partial charge in [0.1, 0.15) is 23.9 Å². The lowest BCUT2D eigenvalue weighted by Crippen LogP contribution is -2.46. The fraction of sp³-hybridized carbons (Fsp3) is 0.308. The third-order valence-electron chi connectivity index (χ3n) is 6.01. The number of piperazine rings is 1. The number of pyridine rings is 1. The molecule has 2 N–H and O–H groups in total. The molecule has 1 aliphatic rings. The van der Waals surface area contributed by atoms with E-state index in [0.717, 1.165) is 6.41 Å². The predicted molar refractivity (Wildman–Crippen MR) is 136 cm³/mol. The zero-order valence-electron chi connectivity index (χ0n) is 20.9. The fourth-order valence-corrected chi connectivity index (χ4v) is 3.84. The van der Waals surface area contributed by atoms with Crippen LogP contribution in [-0.2, 0) is 22.8 Å². The van der Waals surface area contributed by atoms with Crippen LogP contribution in [0.15, 0.2) is 47.5 Å². The van der Waals surface area contributed by atoms with E-state index >= 15 is 0 Å². The van der Waals surface area contributed by atoms with E-state index in [-0.39, 0.29) is 23.7 Å². The number of benzene rings is 1. The average molecular weight is 543 g/mol. The van der Waals surface area contributed by atoms with E-state index in [2.05, 4.69) is 32.0 Å². The molecule has 1 saturated heterocycles. The zero-order chi connectivity index (χ0) is 28.0. The number of amides is 2. The van der Waals surface area contributed by atoms with Crippen molar-refractivity contribution in [3.63, 3.8) is 0 Å². The van der Waals surface area contributed by atoms with Crippen molar-refractivity contribution in [2.75, 3.05) is 44.6 Å². The van der Waals surface area contributed by atoms with Gasteiger partial charge in [-0.25, -0.2) is 4.98 Å². The molecule has 2 aromatic heterocycles. The second-order valence-electron chi connectivity index (χ2n) is 8.76. The van der Waals surface area contributed by atoms with Crippen molar-refractivity contribution in [3.05, 3.63) is 64.3 Å². The van der Waals surface area contributed by atoms with Crippen LogP contribution in [0.4, 0.5) is 18.9 Å². The number of anilines is 1. The van der Waals surface area contributed by atoms with Crippen molar-refractivity contribution >= 4 is 18.0 Å². The maximum absolute atomic E-state index is 13.0. The van der Waals surface area contributed by atoms with Gasteiger partial charge in [0.05, 0.1) is 11.9 Å². The van der Waals surface area contributed by atoms with Crippen LogP contribution in [0.25, 0.3) is 11.4 Å². The molecule has 204 valence electrons. The number of hydrogen-bond acceptors (Lipinski definition) is 6. The summed E-state index contributed by atoms with van der Waals surface area (Å²) in [6.45, 7) is 3.48. The van der Waals surface area contributed by atoms with Gasteiger partial charge in [-0.1, -0.05) is 5.92 Å². The van der Waals surface area contributed by atoms with Gasteiger partial charge in [-0.3, -0.25) is 19.3 Å². The third kappa shape index (κ3) is 7.26. The number of H-pyrrole nitrogens is 1. The summed E-state index contributed by atoms with van der Waals surface area (Å²) in [5.41, 5.74) is -0.281. The number of aryl methyl sites for hydroxylation is 1. The number of rotatable bonds is 7. The number of nitrogens with one attached hydrogen (secondary N) is 2. The molecule has 1 fully saturated rings. The Balaban J connectivity index is 1.51. The van der Waals surface area contributed by atoms with Crippen LogP contribution < -0.4 is 15.6 Å². The molecular weight excluding hydrogens is 517 g/mol. The molecule has 0 aliphatic carbocycles. The van der Waals surface area contributed by atoms with Crippen molar-refractivity contribution in [1.29, 1.82) is 0 Å². The number of alkyl halides is 3. The first-order valence-corrected chi connectivity index (χ1v) is 11.9. The number of imidazole rings is 1. The lowest BCUT2D eigenvalue weighted by molar-refractivity contribution is -0.140. The maximum Gasteiger partial charge on any atom is 0.432 e. The van der Waals surface area contributed by atoms with Gasteiger partial charge >= 0.3 is 12.1 Å². The lowest BCUT2D eigenvalue weighted by Gasteiger charge is -2.32. The second kappa shape index (κ2) is 11.9. The number of aromatic amines is 1. The van der Waals surface area contributed by atoms with Crippen molar-refractivity contribution in [2.24, 2.45) is 7.05 Å². The molecular formula is C26H25F3N6O4. The number of carbonyl (C=O) groups excluding carboxylic acids is 2. The van der Waals surface area contributed by atoms with Crippen LogP contribution in [0.3, 0.4) is 0 Å². The summed E-state index contributed by atoms with van der Waals surface area (Å²) in [4.78, 5) is 44.9. The minimum atomic E-state index is -4.58. The first kappa shape index (κ1) is 27.5. The van der Waals surface area contributed by atoms with Crippen LogP contribution in [0.1, 0.15) is 11.3 Å². The van der Waals surface area contributed by atoms with E-state index in [9.17, 15) is 27.6 Å². The summed E-state index contributed by atoms with van der Waals surface area (Å²) in [5, 5.41) is 2.63. The normalized spacial score (nSPS) is 13.9. The zero-order valence-corrected chi connectivity index (χ0v) is 20.9. The Labute approximate surface area is 221 Å². The van der Waals surface area contributed by atoms with Crippen LogP contribution in [-0.4, -0.2) is 76.0 Å². The molecule has 4 rings (SSSR count). The van der Waals surface area contributed by atoms with Gasteiger partial charge in [0.2, 0.25) is 12.0 Å². The molecule has 3 aromatic rings. The van der Waals surface area contributed by atoms with Crippen LogP contribution in [0.2, 0.25) is 0 Å². The molecule has 2 amide bonds. The van der Waals surface area contributed by atoms with E-state index < -0.39 is 17.8 Å². The summed E-state index contributed by atoms with van der Waals surface area (Å²) in [6.07, 6.45) is -1.58. The molecule has 0 spiro atoms. The number of nitrogens with zero attached hydrogens (tertiary/aromatic N) is 4. The standard InChI is InChI=1S/C26H25F3N6O4/c1-33-16-18(3-7-24(33)38)2-6-23(37)31-20-14-19(25-30-15-22(32-25)26(27,28)29)4-5-21(20)39-13-12-34-8-10-35(17-36)11-9-34/h3-5,7,14-17H,8-13H2,1H3,(H,30,32)(H,31,37). The van der Waals surface area contributed by atoms with E-state index in [4.69, 9.17) is 4.74 Å². The van der Waals surface area contributed by atoms with E-state index in [1.54, 1.807) is 11.9 Å². The number of carbonyl (C=O) groups is 2. The first-order valence-electron chi connectivity index (χ1n) is 11.9. The summed E-state index contributed by atoms with van der Waals surface area (Å²) in [5.74, 6) is 4.68. The molecule has 13 heteroatoms. The molecule has 0 atom stereocenters. The van der Waals surface area contributed by atoms with Gasteiger partial charge < -0.3 is 24.5 Å². The molecule has 0 saturated carbocycles. The molecule has 0 radical (unpaired) electrons. The largest absolute Gasteiger partial charge is 0.490 e. The fourth-order valence-electron chi connectivity index (χ4n) is 3.84. The monoisotopic (exact) mass is 542 g/mol. The Morgan fingerprint density at radius 2 is 1.97 bits per heavy atom. The highest BCUT2D eigenvalue weighted by atomic mass is 19.4. The Morgan fingerprint density at radius 1 is 1.21 bits per heavy atom. The molecule has 0 bridgehead atoms. The molecule has 1 aliphatic heterocycles. The van der Waals surface area contributed by atoms with E-state index in [1.165, 1.54) is 41.1 Å². The lowest BCUT2D eigenvalue weighted by atomic mass is 10.1. The van der Waals surface area contributed by atoms with Crippen LogP contribution >= 0.6 is 0 Å². The summed E-state index contributed by atoms with van der Waals surface area (Å²) >= 11 is 0. The number of aromatic nitrogens is 3. The summed E-state index contributed by atoms with van der Waals surface area (Å²) in [6, 6.07) is 7.33. The average Bonchev–Trinajstić information content (AvgIpc) is 3.42. The highest BCUT2D eigenvalue weighted by Crippen LogP contribution is 2.32. The second-order valence-corrected chi connectivity index (χ2v) is 8.76. The van der Waals surface area contributed by atoms with Crippen LogP contribution in [0.5, 0.6) is 5.75 Å². The van der Waals surface area contributed by atoms with Gasteiger partial charge in [-0.2, -0.15) is 13.2 Å². The third-order valence-corrected chi connectivity index (χ3v) is 6.01. The van der Waals surface area contributed by atoms with Crippen molar-refractivity contribution in [2.45, 2.75) is 6.18 Å². The van der Waals surface area contributed by atoms with Gasteiger partial charge in [0.25, 0.3) is 0 Å². The highest BCUT2D eigenvalue weighted by molar-refractivity contribution is 6.05. The van der Waals surface area contributed by atoms with Crippen molar-refractivity contribution in [3.8, 4) is 29.0 Å². The Morgan fingerprint density at radius 3 is 2.64 bits per heavy atom. The summed E-state index contributed by atoms with van der Waals surface area (Å²) in [7, 11) is 1.56. The first-order chi connectivity index (χ1) is 18.6. The van der Waals surface area contributed by atoms with Gasteiger partial charge in [0, 0.05) is 69.1 Å². The maximum atomic E-state index is 13.0. The van der Waals surface area contributed by atoms with Crippen molar-refractivity contribution in [1.82, 2.24) is 24.3 Å². The van der Waals surface area contributed by atoms with Gasteiger partial charge in [-0.15, -0.1) is 0 Å². The molecule has 39 heavy (non-hydrogen) atoms. The minimum absolute atomic E-state index is 0.0336. The van der Waals surface area contributed by atoms with Gasteiger partial charge in [-0.05, 0) is 24.3 Å². The van der Waals surface area contributed by atoms with Gasteiger partial charge in [0.15, 0.2) is 0 Å². The Kier molecular flexibility index (Phi) is 8.36. The number of ether oxygens (including phenoxy) is 1. The minimum Gasteiger partial charge on any atom is -0.490 e. The smallest absolute Gasteiger partial charge is 0.432 e. The Bertz CT molecular complexity index is 1460. The number of halogens is 3. The Hall–Kier alpha value is -4.57. The molecule has 0 unspecified atom stereocenters. The SMILES string of the molecule is Cn1cc(C#CC(=O)Nc2cc(-c3ncc(C(F)(F)F)[nH]3)ccc2OCCN2CCN(C=O)CC2)ccc1=O. The highest BCUT2D eigenvalue weighted by Gasteiger charge is 2.33.